The van der Waals surface area contributed by atoms with Crippen LogP contribution < -0.4 is 14.2 Å². The molecule has 0 fully saturated rings. The smallest absolute Gasteiger partial charge is 0.348 e. The highest BCUT2D eigenvalue weighted by Crippen LogP contribution is 2.36. The molecule has 0 aliphatic heterocycles. The lowest BCUT2D eigenvalue weighted by molar-refractivity contribution is -0.135. The van der Waals surface area contributed by atoms with Crippen molar-refractivity contribution in [3.8, 4) is 23.3 Å². The number of carbonyl (C=O) groups excluding carboxylic acids is 1. The fraction of sp³-hybridized carbons (Fsp3) is 0.304. The van der Waals surface area contributed by atoms with Crippen molar-refractivity contribution in [3.05, 3.63) is 61.8 Å². The molecule has 0 saturated heterocycles. The Morgan fingerprint density at radius 1 is 0.875 bits per heavy atom. The molecule has 0 bridgehead atoms. The Balaban J connectivity index is 3.36. The van der Waals surface area contributed by atoms with Crippen molar-refractivity contribution in [3.63, 3.8) is 0 Å². The van der Waals surface area contributed by atoms with Gasteiger partial charge in [-0.3, -0.25) is 0 Å². The molecule has 172 valence electrons. The van der Waals surface area contributed by atoms with Crippen LogP contribution in [0, 0.1) is 11.3 Å². The van der Waals surface area contributed by atoms with E-state index in [1.54, 1.807) is 12.1 Å². The number of ether oxygens (including phenoxy) is 7. The molecule has 0 aliphatic carbocycles. The Morgan fingerprint density at radius 3 is 1.75 bits per heavy atom. The zero-order valence-electron chi connectivity index (χ0n) is 18.0. The van der Waals surface area contributed by atoms with E-state index < -0.39 is 5.97 Å². The standard InChI is InChI=1S/C23H27NO8/c1-5-27-8-11-30-19-15-21(31-12-9-28-6-2)20(14-18(17-24)23(25)26-4)22(16-19)32-13-10-29-7-3/h5-7,14-16H,1-3,8-13H2,4H3/b18-14+. The highest BCUT2D eigenvalue weighted by molar-refractivity contribution is 5.98. The van der Waals surface area contributed by atoms with Gasteiger partial charge in [0, 0.05) is 12.1 Å². The third kappa shape index (κ3) is 9.17. The zero-order valence-corrected chi connectivity index (χ0v) is 18.0. The maximum Gasteiger partial charge on any atom is 0.348 e. The van der Waals surface area contributed by atoms with E-state index in [4.69, 9.17) is 28.4 Å². The maximum absolute atomic E-state index is 11.9. The van der Waals surface area contributed by atoms with Gasteiger partial charge >= 0.3 is 5.97 Å². The lowest BCUT2D eigenvalue weighted by Crippen LogP contribution is -2.10. The molecule has 1 aromatic rings. The first-order valence-corrected chi connectivity index (χ1v) is 9.55. The topological polar surface area (TPSA) is 105 Å². The highest BCUT2D eigenvalue weighted by atomic mass is 16.5. The monoisotopic (exact) mass is 445 g/mol. The summed E-state index contributed by atoms with van der Waals surface area (Å²) in [6, 6.07) is 5.02. The number of rotatable bonds is 17. The molecule has 9 heteroatoms. The van der Waals surface area contributed by atoms with E-state index in [1.165, 1.54) is 32.0 Å². The summed E-state index contributed by atoms with van der Waals surface area (Å²) in [4.78, 5) is 11.9. The van der Waals surface area contributed by atoms with Gasteiger partial charge in [-0.15, -0.1) is 0 Å². The first-order chi connectivity index (χ1) is 15.6. The number of hydrogen-bond acceptors (Lipinski definition) is 9. The first-order valence-electron chi connectivity index (χ1n) is 9.55. The number of benzene rings is 1. The largest absolute Gasteiger partial charge is 0.498 e. The maximum atomic E-state index is 11.9. The van der Waals surface area contributed by atoms with Crippen LogP contribution in [0.1, 0.15) is 5.56 Å². The number of hydrogen-bond donors (Lipinski definition) is 0. The number of nitriles is 1. The van der Waals surface area contributed by atoms with E-state index in [0.29, 0.717) is 29.4 Å². The fourth-order valence-electron chi connectivity index (χ4n) is 2.29. The van der Waals surface area contributed by atoms with Crippen molar-refractivity contribution >= 4 is 12.0 Å². The van der Waals surface area contributed by atoms with Gasteiger partial charge in [0.05, 0.1) is 31.5 Å². The average Bonchev–Trinajstić information content (AvgIpc) is 2.81. The first kappa shape index (κ1) is 26.0. The minimum atomic E-state index is -0.795. The van der Waals surface area contributed by atoms with Crippen LogP contribution in [-0.2, 0) is 23.7 Å². The Kier molecular flexibility index (Phi) is 12.8. The van der Waals surface area contributed by atoms with Crippen molar-refractivity contribution in [2.75, 3.05) is 46.8 Å². The lowest BCUT2D eigenvalue weighted by Gasteiger charge is -2.17. The molecule has 0 saturated carbocycles. The molecule has 0 heterocycles. The minimum Gasteiger partial charge on any atom is -0.498 e. The van der Waals surface area contributed by atoms with Gasteiger partial charge in [-0.05, 0) is 6.08 Å². The summed E-state index contributed by atoms with van der Waals surface area (Å²) in [6.45, 7) is 11.7. The number of esters is 1. The lowest BCUT2D eigenvalue weighted by atomic mass is 10.1. The normalized spacial score (nSPS) is 10.2. The third-order valence-electron chi connectivity index (χ3n) is 3.63. The van der Waals surface area contributed by atoms with Crippen LogP contribution in [0.5, 0.6) is 17.2 Å². The predicted molar refractivity (Wildman–Crippen MR) is 117 cm³/mol. The van der Waals surface area contributed by atoms with E-state index in [0.717, 1.165) is 0 Å². The van der Waals surface area contributed by atoms with Crippen molar-refractivity contribution in [2.45, 2.75) is 0 Å². The molecular weight excluding hydrogens is 418 g/mol. The van der Waals surface area contributed by atoms with Crippen molar-refractivity contribution in [1.82, 2.24) is 0 Å². The van der Waals surface area contributed by atoms with Crippen LogP contribution in [0.25, 0.3) is 6.08 Å². The van der Waals surface area contributed by atoms with Gasteiger partial charge in [-0.1, -0.05) is 19.7 Å². The van der Waals surface area contributed by atoms with Crippen molar-refractivity contribution < 1.29 is 38.0 Å². The Bertz CT molecular complexity index is 804. The van der Waals surface area contributed by atoms with Gasteiger partial charge in [0.2, 0.25) is 0 Å². The second-order valence-corrected chi connectivity index (χ2v) is 5.65. The molecule has 0 aliphatic rings. The number of methoxy groups -OCH3 is 1. The molecule has 0 N–H and O–H groups in total. The molecule has 0 amide bonds. The molecule has 0 atom stereocenters. The molecule has 32 heavy (non-hydrogen) atoms. The summed E-state index contributed by atoms with van der Waals surface area (Å²) < 4.78 is 37.2. The van der Waals surface area contributed by atoms with Crippen LogP contribution in [-0.4, -0.2) is 52.7 Å². The molecule has 1 aromatic carbocycles. The van der Waals surface area contributed by atoms with Gasteiger partial charge in [0.1, 0.15) is 68.5 Å². The molecule has 0 unspecified atom stereocenters. The summed E-state index contributed by atoms with van der Waals surface area (Å²) in [5.74, 6) is 0.231. The van der Waals surface area contributed by atoms with E-state index in [1.807, 2.05) is 6.07 Å². The Morgan fingerprint density at radius 2 is 1.34 bits per heavy atom. The molecule has 9 nitrogen and oxygen atoms in total. The van der Waals surface area contributed by atoms with Crippen LogP contribution >= 0.6 is 0 Å². The fourth-order valence-corrected chi connectivity index (χ4v) is 2.29. The van der Waals surface area contributed by atoms with E-state index in [9.17, 15) is 10.1 Å². The highest BCUT2D eigenvalue weighted by Gasteiger charge is 2.17. The van der Waals surface area contributed by atoms with E-state index in [-0.39, 0.29) is 38.6 Å². The van der Waals surface area contributed by atoms with Crippen LogP contribution in [0.4, 0.5) is 0 Å². The summed E-state index contributed by atoms with van der Waals surface area (Å²) in [6.07, 6.45) is 5.23. The van der Waals surface area contributed by atoms with Gasteiger partial charge in [0.15, 0.2) is 0 Å². The van der Waals surface area contributed by atoms with Gasteiger partial charge in [-0.2, -0.15) is 5.26 Å². The minimum absolute atomic E-state index is 0.162. The summed E-state index contributed by atoms with van der Waals surface area (Å²) in [7, 11) is 1.18. The van der Waals surface area contributed by atoms with Crippen LogP contribution in [0.3, 0.4) is 0 Å². The molecular formula is C23H27NO8. The number of carbonyl (C=O) groups is 1. The Labute approximate surface area is 187 Å². The van der Waals surface area contributed by atoms with Crippen molar-refractivity contribution in [2.24, 2.45) is 0 Å². The zero-order chi connectivity index (χ0) is 23.6. The summed E-state index contributed by atoms with van der Waals surface area (Å²) in [5, 5.41) is 9.37. The second kappa shape index (κ2) is 15.7. The van der Waals surface area contributed by atoms with Crippen LogP contribution in [0.2, 0.25) is 0 Å². The second-order valence-electron chi connectivity index (χ2n) is 5.65. The molecule has 1 rings (SSSR count). The Hall–Kier alpha value is -4.06. The molecule has 0 radical (unpaired) electrons. The third-order valence-corrected chi connectivity index (χ3v) is 3.63. The summed E-state index contributed by atoms with van der Waals surface area (Å²) in [5.41, 5.74) is 0.110. The quantitative estimate of drug-likeness (QED) is 0.117. The van der Waals surface area contributed by atoms with Gasteiger partial charge in [-0.25, -0.2) is 4.79 Å². The van der Waals surface area contributed by atoms with E-state index in [2.05, 4.69) is 24.5 Å². The number of nitrogens with zero attached hydrogens (tertiary/aromatic N) is 1. The summed E-state index contributed by atoms with van der Waals surface area (Å²) >= 11 is 0. The van der Waals surface area contributed by atoms with Gasteiger partial charge in [0.25, 0.3) is 0 Å². The van der Waals surface area contributed by atoms with Crippen LogP contribution in [0.15, 0.2) is 56.2 Å². The predicted octanol–water partition coefficient (Wildman–Crippen LogP) is 3.38. The van der Waals surface area contributed by atoms with E-state index >= 15 is 0 Å². The molecule has 0 spiro atoms. The van der Waals surface area contributed by atoms with Crippen molar-refractivity contribution in [1.29, 1.82) is 5.26 Å². The average molecular weight is 445 g/mol. The van der Waals surface area contributed by atoms with Gasteiger partial charge < -0.3 is 33.2 Å². The molecule has 0 aromatic heterocycles. The SMILES string of the molecule is C=COCCOc1cc(OCCOC=C)c(/C=C(\C#N)C(=O)OC)c(OCCOC=C)c1.